The molecule has 2 aromatic heterocycles. The standard InChI is InChI=1S/C31H35ClN4O6/c1-19-25(18-41-31(2,3)30(37)40-6)36(34-33-19)16-14-26-24-10-8-15-35(24)23-13-12-20(32)17-22(23)28(42-26)21-9-7-11-27(38-4)29(21)39-5/h7-13,15,17,26,28H,14,16,18H2,1-6H3/t26-,28-/m1/s1. The quantitative estimate of drug-likeness (QED) is 0.214. The molecule has 0 N–H and O–H groups in total. The Morgan fingerprint density at radius 3 is 2.62 bits per heavy atom. The number of carbonyl (C=O) groups excluding carboxylic acids is 1. The molecular formula is C31H35ClN4O6. The van der Waals surface area contributed by atoms with Crippen molar-refractivity contribution in [2.24, 2.45) is 0 Å². The van der Waals surface area contributed by atoms with E-state index in [-0.39, 0.29) is 12.7 Å². The summed E-state index contributed by atoms with van der Waals surface area (Å²) < 4.78 is 33.1. The molecule has 2 aromatic carbocycles. The maximum absolute atomic E-state index is 12.1. The van der Waals surface area contributed by atoms with Gasteiger partial charge in [0.05, 0.1) is 50.7 Å². The Balaban J connectivity index is 1.49. The lowest BCUT2D eigenvalue weighted by Crippen LogP contribution is -2.36. The number of halogens is 1. The fourth-order valence-electron chi connectivity index (χ4n) is 5.28. The van der Waals surface area contributed by atoms with Gasteiger partial charge >= 0.3 is 5.97 Å². The molecule has 0 spiro atoms. The van der Waals surface area contributed by atoms with E-state index in [2.05, 4.69) is 20.9 Å². The van der Waals surface area contributed by atoms with Gasteiger partial charge in [0.2, 0.25) is 0 Å². The molecule has 0 saturated carbocycles. The molecule has 0 saturated heterocycles. The van der Waals surface area contributed by atoms with E-state index in [1.807, 2.05) is 55.6 Å². The third kappa shape index (κ3) is 5.62. The minimum Gasteiger partial charge on any atom is -0.493 e. The van der Waals surface area contributed by atoms with Crippen molar-refractivity contribution in [3.63, 3.8) is 0 Å². The number of fused-ring (bicyclic) bond motifs is 3. The van der Waals surface area contributed by atoms with Gasteiger partial charge in [0, 0.05) is 28.9 Å². The highest BCUT2D eigenvalue weighted by molar-refractivity contribution is 6.30. The van der Waals surface area contributed by atoms with Crippen LogP contribution in [-0.2, 0) is 32.2 Å². The average molecular weight is 595 g/mol. The Kier molecular flexibility index (Phi) is 8.58. The predicted octanol–water partition coefficient (Wildman–Crippen LogP) is 5.77. The Labute approximate surface area is 250 Å². The molecule has 0 fully saturated rings. The Hall–Kier alpha value is -3.86. The van der Waals surface area contributed by atoms with Crippen molar-refractivity contribution in [2.75, 3.05) is 21.3 Å². The van der Waals surface area contributed by atoms with Gasteiger partial charge in [-0.3, -0.25) is 0 Å². The molecule has 2 atom stereocenters. The Morgan fingerprint density at radius 1 is 1.07 bits per heavy atom. The van der Waals surface area contributed by atoms with Gasteiger partial charge in [-0.1, -0.05) is 28.9 Å². The van der Waals surface area contributed by atoms with Crippen molar-refractivity contribution in [3.8, 4) is 17.2 Å². The zero-order chi connectivity index (χ0) is 30.0. The highest BCUT2D eigenvalue weighted by Crippen LogP contribution is 2.46. The average Bonchev–Trinajstić information content (AvgIpc) is 3.59. The Bertz CT molecular complexity index is 1580. The third-order valence-corrected chi connectivity index (χ3v) is 7.77. The van der Waals surface area contributed by atoms with Crippen LogP contribution in [0.3, 0.4) is 0 Å². The van der Waals surface area contributed by atoms with Gasteiger partial charge in [-0.05, 0) is 63.6 Å². The molecule has 0 unspecified atom stereocenters. The van der Waals surface area contributed by atoms with Crippen LogP contribution in [0.5, 0.6) is 11.5 Å². The summed E-state index contributed by atoms with van der Waals surface area (Å²) in [6.07, 6.45) is 1.76. The summed E-state index contributed by atoms with van der Waals surface area (Å²) in [5, 5.41) is 9.24. The number of aromatic nitrogens is 4. The fourth-order valence-corrected chi connectivity index (χ4v) is 5.46. The molecule has 3 heterocycles. The van der Waals surface area contributed by atoms with Gasteiger partial charge in [-0.15, -0.1) is 5.10 Å². The van der Waals surface area contributed by atoms with E-state index >= 15 is 0 Å². The van der Waals surface area contributed by atoms with Crippen LogP contribution >= 0.6 is 11.6 Å². The number of rotatable bonds is 10. The van der Waals surface area contributed by atoms with Crippen molar-refractivity contribution in [3.05, 3.63) is 88.0 Å². The lowest BCUT2D eigenvalue weighted by atomic mass is 9.98. The van der Waals surface area contributed by atoms with Crippen LogP contribution in [0.15, 0.2) is 54.7 Å². The second-order valence-electron chi connectivity index (χ2n) is 10.5. The fraction of sp³-hybridized carbons (Fsp3) is 0.387. The van der Waals surface area contributed by atoms with Crippen molar-refractivity contribution in [1.82, 2.24) is 19.6 Å². The van der Waals surface area contributed by atoms with Crippen molar-refractivity contribution in [2.45, 2.75) is 58.2 Å². The van der Waals surface area contributed by atoms with Crippen LogP contribution in [0.25, 0.3) is 5.69 Å². The van der Waals surface area contributed by atoms with Gasteiger partial charge in [0.1, 0.15) is 12.2 Å². The summed E-state index contributed by atoms with van der Waals surface area (Å²) in [4.78, 5) is 12.1. The topological polar surface area (TPSA) is 98.9 Å². The predicted molar refractivity (Wildman–Crippen MR) is 156 cm³/mol. The highest BCUT2D eigenvalue weighted by atomic mass is 35.5. The van der Waals surface area contributed by atoms with Crippen LogP contribution in [0, 0.1) is 6.92 Å². The first-order valence-electron chi connectivity index (χ1n) is 13.6. The summed E-state index contributed by atoms with van der Waals surface area (Å²) in [7, 11) is 4.58. The number of aryl methyl sites for hydroxylation is 2. The summed E-state index contributed by atoms with van der Waals surface area (Å²) in [5.74, 6) is 0.756. The normalized spacial score (nSPS) is 16.4. The van der Waals surface area contributed by atoms with E-state index in [1.54, 1.807) is 32.7 Å². The first-order chi connectivity index (χ1) is 20.2. The van der Waals surface area contributed by atoms with E-state index in [4.69, 9.17) is 35.3 Å². The highest BCUT2D eigenvalue weighted by Gasteiger charge is 2.34. The molecule has 1 aliphatic heterocycles. The molecule has 42 heavy (non-hydrogen) atoms. The number of hydrogen-bond donors (Lipinski definition) is 0. The minimum absolute atomic E-state index is 0.149. The number of para-hydroxylation sites is 1. The summed E-state index contributed by atoms with van der Waals surface area (Å²) in [5.41, 5.74) is 4.07. The lowest BCUT2D eigenvalue weighted by molar-refractivity contribution is -0.166. The van der Waals surface area contributed by atoms with Crippen LogP contribution in [-0.4, -0.2) is 52.5 Å². The first-order valence-corrected chi connectivity index (χ1v) is 14.0. The molecule has 0 bridgehead atoms. The zero-order valence-electron chi connectivity index (χ0n) is 24.6. The van der Waals surface area contributed by atoms with Gasteiger partial charge in [0.15, 0.2) is 17.1 Å². The Morgan fingerprint density at radius 2 is 1.88 bits per heavy atom. The molecule has 4 aromatic rings. The number of benzene rings is 2. The number of carbonyl (C=O) groups is 1. The summed E-state index contributed by atoms with van der Waals surface area (Å²) in [6.45, 7) is 5.86. The molecule has 10 nitrogen and oxygen atoms in total. The molecule has 11 heteroatoms. The van der Waals surface area contributed by atoms with Gasteiger partial charge in [-0.25, -0.2) is 9.48 Å². The number of hydrogen-bond acceptors (Lipinski definition) is 8. The van der Waals surface area contributed by atoms with Crippen molar-refractivity contribution >= 4 is 17.6 Å². The van der Waals surface area contributed by atoms with E-state index in [0.29, 0.717) is 29.5 Å². The second kappa shape index (κ2) is 12.2. The second-order valence-corrected chi connectivity index (χ2v) is 11.0. The van der Waals surface area contributed by atoms with Gasteiger partial charge in [-0.2, -0.15) is 0 Å². The number of ether oxygens (including phenoxy) is 5. The van der Waals surface area contributed by atoms with E-state index in [9.17, 15) is 4.79 Å². The molecule has 1 aliphatic rings. The van der Waals surface area contributed by atoms with Crippen LogP contribution in [0.2, 0.25) is 5.02 Å². The van der Waals surface area contributed by atoms with Gasteiger partial charge < -0.3 is 28.3 Å². The molecule has 5 rings (SSSR count). The van der Waals surface area contributed by atoms with Crippen molar-refractivity contribution < 1.29 is 28.5 Å². The molecular weight excluding hydrogens is 560 g/mol. The van der Waals surface area contributed by atoms with Crippen molar-refractivity contribution in [1.29, 1.82) is 0 Å². The number of nitrogens with zero attached hydrogens (tertiary/aromatic N) is 4. The largest absolute Gasteiger partial charge is 0.493 e. The molecule has 0 radical (unpaired) electrons. The summed E-state index contributed by atoms with van der Waals surface area (Å²) >= 11 is 6.52. The number of esters is 1. The van der Waals surface area contributed by atoms with Gasteiger partial charge in [0.25, 0.3) is 0 Å². The monoisotopic (exact) mass is 594 g/mol. The number of methoxy groups -OCH3 is 3. The third-order valence-electron chi connectivity index (χ3n) is 7.54. The summed E-state index contributed by atoms with van der Waals surface area (Å²) in [6, 6.07) is 15.6. The van der Waals surface area contributed by atoms with Crippen LogP contribution < -0.4 is 9.47 Å². The minimum atomic E-state index is -1.11. The lowest BCUT2D eigenvalue weighted by Gasteiger charge is -2.26. The molecule has 0 amide bonds. The van der Waals surface area contributed by atoms with E-state index in [1.165, 1.54) is 7.11 Å². The maximum Gasteiger partial charge on any atom is 0.337 e. The smallest absolute Gasteiger partial charge is 0.337 e. The zero-order valence-corrected chi connectivity index (χ0v) is 25.3. The first kappa shape index (κ1) is 29.6. The van der Waals surface area contributed by atoms with Crippen LogP contribution in [0.1, 0.15) is 60.7 Å². The van der Waals surface area contributed by atoms with Crippen LogP contribution in [0.4, 0.5) is 0 Å². The molecule has 0 aliphatic carbocycles. The van der Waals surface area contributed by atoms with E-state index in [0.717, 1.165) is 33.9 Å². The maximum atomic E-state index is 12.1. The molecule has 222 valence electrons. The van der Waals surface area contributed by atoms with E-state index < -0.39 is 17.7 Å². The SMILES string of the molecule is COC(=O)C(C)(C)OCc1c(C)nnn1CC[C@H]1O[C@H](c2cccc(OC)c2OC)c2cc(Cl)ccc2-n2cccc21.